The van der Waals surface area contributed by atoms with Gasteiger partial charge >= 0.3 is 0 Å². The molecule has 0 amide bonds. The molecule has 1 saturated carbocycles. The lowest BCUT2D eigenvalue weighted by Gasteiger charge is -2.28. The first-order valence-electron chi connectivity index (χ1n) is 5.01. The zero-order chi connectivity index (χ0) is 9.97. The predicted octanol–water partition coefficient (Wildman–Crippen LogP) is 2.78. The first-order chi connectivity index (χ1) is 6.79. The van der Waals surface area contributed by atoms with Crippen molar-refractivity contribution in [3.8, 4) is 0 Å². The molecule has 4 heteroatoms. The maximum Gasteiger partial charge on any atom is 0.124 e. The van der Waals surface area contributed by atoms with Crippen molar-refractivity contribution in [2.24, 2.45) is 0 Å². The average molecular weight is 259 g/mol. The Hall–Kier alpha value is -0.350. The second-order valence-corrected chi connectivity index (χ2v) is 4.63. The van der Waals surface area contributed by atoms with Crippen molar-refractivity contribution in [2.75, 3.05) is 7.11 Å². The minimum absolute atomic E-state index is 0.426. The van der Waals surface area contributed by atoms with Crippen LogP contribution in [-0.4, -0.2) is 22.8 Å². The second kappa shape index (κ2) is 4.45. The van der Waals surface area contributed by atoms with E-state index in [1.165, 1.54) is 19.3 Å². The number of rotatable bonds is 2. The van der Waals surface area contributed by atoms with Crippen LogP contribution in [0.3, 0.4) is 0 Å². The number of nitrogens with zero attached hydrogens (tertiary/aromatic N) is 2. The Bertz CT molecular complexity index is 300. The van der Waals surface area contributed by atoms with Crippen LogP contribution in [0.4, 0.5) is 0 Å². The zero-order valence-corrected chi connectivity index (χ0v) is 9.90. The molecular weight excluding hydrogens is 244 g/mol. The van der Waals surface area contributed by atoms with E-state index in [2.05, 4.69) is 25.5 Å². The molecule has 0 radical (unpaired) electrons. The Labute approximate surface area is 92.6 Å². The zero-order valence-electron chi connectivity index (χ0n) is 8.32. The summed E-state index contributed by atoms with van der Waals surface area (Å²) in [6, 6.07) is 0.562. The van der Waals surface area contributed by atoms with Crippen molar-refractivity contribution < 1.29 is 4.74 Å². The van der Waals surface area contributed by atoms with E-state index in [0.29, 0.717) is 12.1 Å². The quantitative estimate of drug-likeness (QED) is 0.816. The van der Waals surface area contributed by atoms with Gasteiger partial charge in [-0.2, -0.15) is 0 Å². The molecule has 14 heavy (non-hydrogen) atoms. The molecule has 0 aromatic carbocycles. The Morgan fingerprint density at radius 3 is 3.07 bits per heavy atom. The first-order valence-corrected chi connectivity index (χ1v) is 5.80. The highest BCUT2D eigenvalue weighted by Gasteiger charge is 2.22. The fourth-order valence-electron chi connectivity index (χ4n) is 2.12. The third-order valence-corrected chi connectivity index (χ3v) is 3.33. The molecule has 1 aliphatic rings. The summed E-state index contributed by atoms with van der Waals surface area (Å²) < 4.78 is 8.51. The smallest absolute Gasteiger partial charge is 0.124 e. The topological polar surface area (TPSA) is 27.1 Å². The normalized spacial score (nSPS) is 27.9. The molecule has 0 spiro atoms. The Balaban J connectivity index is 2.04. The number of hydrogen-bond donors (Lipinski definition) is 0. The minimum Gasteiger partial charge on any atom is -0.381 e. The van der Waals surface area contributed by atoms with E-state index in [4.69, 9.17) is 4.74 Å². The van der Waals surface area contributed by atoms with Crippen molar-refractivity contribution in [3.05, 3.63) is 17.1 Å². The summed E-state index contributed by atoms with van der Waals surface area (Å²) in [7, 11) is 1.80. The van der Waals surface area contributed by atoms with E-state index in [1.807, 2.05) is 12.5 Å². The molecule has 1 fully saturated rings. The van der Waals surface area contributed by atoms with Crippen molar-refractivity contribution in [2.45, 2.75) is 37.8 Å². The lowest BCUT2D eigenvalue weighted by molar-refractivity contribution is 0.0530. The van der Waals surface area contributed by atoms with Crippen LogP contribution in [0.2, 0.25) is 0 Å². The summed E-state index contributed by atoms with van der Waals surface area (Å²) in [5.74, 6) is 0. The van der Waals surface area contributed by atoms with Crippen molar-refractivity contribution in [3.63, 3.8) is 0 Å². The van der Waals surface area contributed by atoms with E-state index in [9.17, 15) is 0 Å². The summed E-state index contributed by atoms with van der Waals surface area (Å²) in [4.78, 5) is 4.18. The molecule has 2 unspecified atom stereocenters. The van der Waals surface area contributed by atoms with Gasteiger partial charge in [-0.25, -0.2) is 4.98 Å². The Morgan fingerprint density at radius 2 is 2.43 bits per heavy atom. The van der Waals surface area contributed by atoms with Gasteiger partial charge in [0.25, 0.3) is 0 Å². The van der Waals surface area contributed by atoms with Gasteiger partial charge in [-0.05, 0) is 41.6 Å². The Morgan fingerprint density at radius 1 is 1.57 bits per heavy atom. The summed E-state index contributed by atoms with van der Waals surface area (Å²) >= 11 is 3.37. The van der Waals surface area contributed by atoms with Gasteiger partial charge in [-0.1, -0.05) is 0 Å². The van der Waals surface area contributed by atoms with Crippen LogP contribution in [-0.2, 0) is 4.74 Å². The number of aromatic nitrogens is 2. The summed E-state index contributed by atoms with van der Waals surface area (Å²) in [6.07, 6.45) is 9.16. The number of methoxy groups -OCH3 is 1. The van der Waals surface area contributed by atoms with Gasteiger partial charge in [0.15, 0.2) is 0 Å². The average Bonchev–Trinajstić information content (AvgIpc) is 2.65. The molecular formula is C10H15BrN2O. The van der Waals surface area contributed by atoms with Gasteiger partial charge in [-0.15, -0.1) is 0 Å². The molecule has 78 valence electrons. The van der Waals surface area contributed by atoms with E-state index in [0.717, 1.165) is 11.0 Å². The van der Waals surface area contributed by atoms with Crippen LogP contribution in [0.25, 0.3) is 0 Å². The molecule has 0 aliphatic heterocycles. The van der Waals surface area contributed by atoms with Crippen LogP contribution in [0.15, 0.2) is 17.1 Å². The van der Waals surface area contributed by atoms with Crippen LogP contribution in [0.1, 0.15) is 31.7 Å². The number of imidazole rings is 1. The number of halogens is 1. The van der Waals surface area contributed by atoms with Crippen LogP contribution >= 0.6 is 15.9 Å². The SMILES string of the molecule is COC1CCCC(n2cnc(Br)c2)C1. The maximum atomic E-state index is 5.40. The maximum absolute atomic E-state index is 5.40. The highest BCUT2D eigenvalue weighted by Crippen LogP contribution is 2.30. The molecule has 1 aliphatic carbocycles. The van der Waals surface area contributed by atoms with Gasteiger partial charge in [0.2, 0.25) is 0 Å². The van der Waals surface area contributed by atoms with Crippen molar-refractivity contribution in [1.29, 1.82) is 0 Å². The predicted molar refractivity (Wildman–Crippen MR) is 58.2 cm³/mol. The molecule has 0 N–H and O–H groups in total. The standard InChI is InChI=1S/C10H15BrN2O/c1-14-9-4-2-3-8(5-9)13-6-10(11)12-7-13/h6-9H,2-5H2,1H3. The van der Waals surface area contributed by atoms with Crippen molar-refractivity contribution in [1.82, 2.24) is 9.55 Å². The number of hydrogen-bond acceptors (Lipinski definition) is 2. The van der Waals surface area contributed by atoms with Crippen LogP contribution in [0, 0.1) is 0 Å². The van der Waals surface area contributed by atoms with Gasteiger partial charge < -0.3 is 9.30 Å². The summed E-state index contributed by atoms with van der Waals surface area (Å²) in [5, 5.41) is 0. The van der Waals surface area contributed by atoms with Gasteiger partial charge in [0, 0.05) is 19.3 Å². The van der Waals surface area contributed by atoms with E-state index < -0.39 is 0 Å². The second-order valence-electron chi connectivity index (χ2n) is 3.82. The fraction of sp³-hybridized carbons (Fsp3) is 0.700. The number of ether oxygens (including phenoxy) is 1. The summed E-state index contributed by atoms with van der Waals surface area (Å²) in [5.41, 5.74) is 0. The highest BCUT2D eigenvalue weighted by atomic mass is 79.9. The molecule has 1 aromatic heterocycles. The minimum atomic E-state index is 0.426. The van der Waals surface area contributed by atoms with Crippen molar-refractivity contribution >= 4 is 15.9 Å². The van der Waals surface area contributed by atoms with E-state index >= 15 is 0 Å². The summed E-state index contributed by atoms with van der Waals surface area (Å²) in [6.45, 7) is 0. The molecule has 0 bridgehead atoms. The molecule has 1 aromatic rings. The van der Waals surface area contributed by atoms with Crippen LogP contribution < -0.4 is 0 Å². The highest BCUT2D eigenvalue weighted by molar-refractivity contribution is 9.10. The first kappa shape index (κ1) is 10.2. The van der Waals surface area contributed by atoms with Gasteiger partial charge in [0.1, 0.15) is 4.60 Å². The largest absolute Gasteiger partial charge is 0.381 e. The van der Waals surface area contributed by atoms with Gasteiger partial charge in [-0.3, -0.25) is 0 Å². The fourth-order valence-corrected chi connectivity index (χ4v) is 2.44. The molecule has 2 atom stereocenters. The molecule has 0 saturated heterocycles. The lowest BCUT2D eigenvalue weighted by Crippen LogP contribution is -2.23. The Kier molecular flexibility index (Phi) is 3.23. The van der Waals surface area contributed by atoms with E-state index in [1.54, 1.807) is 7.11 Å². The van der Waals surface area contributed by atoms with E-state index in [-0.39, 0.29) is 0 Å². The molecule has 1 heterocycles. The molecule has 2 rings (SSSR count). The third-order valence-electron chi connectivity index (χ3n) is 2.92. The van der Waals surface area contributed by atoms with Crippen LogP contribution in [0.5, 0.6) is 0 Å². The van der Waals surface area contributed by atoms with Gasteiger partial charge in [0.05, 0.1) is 12.4 Å². The monoisotopic (exact) mass is 258 g/mol. The lowest BCUT2D eigenvalue weighted by atomic mass is 9.93. The third kappa shape index (κ3) is 2.17. The molecule has 3 nitrogen and oxygen atoms in total.